The van der Waals surface area contributed by atoms with E-state index in [0.717, 1.165) is 44.5 Å². The van der Waals surface area contributed by atoms with Gasteiger partial charge in [0.25, 0.3) is 5.56 Å². The highest BCUT2D eigenvalue weighted by atomic mass is 16.5. The van der Waals surface area contributed by atoms with Crippen LogP contribution in [0, 0.1) is 20.8 Å². The van der Waals surface area contributed by atoms with Crippen LogP contribution in [0.3, 0.4) is 0 Å². The van der Waals surface area contributed by atoms with Gasteiger partial charge in [0.15, 0.2) is 0 Å². The molecule has 2 atom stereocenters. The number of hydrogen-bond acceptors (Lipinski definition) is 7. The molecule has 7 rings (SSSR count). The summed E-state index contributed by atoms with van der Waals surface area (Å²) in [6.45, 7) is 8.11. The van der Waals surface area contributed by atoms with Gasteiger partial charge in [-0.05, 0) is 84.3 Å². The maximum Gasteiger partial charge on any atom is 0.411 e. The summed E-state index contributed by atoms with van der Waals surface area (Å²) >= 11 is 0. The second-order valence-corrected chi connectivity index (χ2v) is 11.7. The summed E-state index contributed by atoms with van der Waals surface area (Å²) in [7, 11) is 1.75. The third kappa shape index (κ3) is 5.91. The number of carbonyl (C=O) groups excluding carboxylic acids is 2. The number of benzene rings is 3. The van der Waals surface area contributed by atoms with Gasteiger partial charge in [-0.25, -0.2) is 4.79 Å². The van der Waals surface area contributed by atoms with Gasteiger partial charge in [0.05, 0.1) is 12.3 Å². The molecule has 0 aliphatic carbocycles. The van der Waals surface area contributed by atoms with Crippen molar-refractivity contribution in [1.29, 1.82) is 0 Å². The molecule has 5 aromatic rings. The van der Waals surface area contributed by atoms with Crippen molar-refractivity contribution >= 4 is 34.1 Å². The molecule has 10 nitrogen and oxygen atoms in total. The number of nitrogens with zero attached hydrogens (tertiary/aromatic N) is 2. The zero-order valence-corrected chi connectivity index (χ0v) is 25.9. The largest absolute Gasteiger partial charge is 0.449 e. The van der Waals surface area contributed by atoms with E-state index >= 15 is 0 Å². The molecule has 2 amide bonds. The van der Waals surface area contributed by atoms with Crippen LogP contribution < -0.4 is 16.2 Å². The van der Waals surface area contributed by atoms with Crippen LogP contribution in [0.4, 0.5) is 16.2 Å². The number of fused-ring (bicyclic) bond motifs is 10. The summed E-state index contributed by atoms with van der Waals surface area (Å²) in [5.41, 5.74) is 6.94. The number of likely N-dealkylation sites (N-methyl/N-ethyl adjacent to an activating group) is 1. The van der Waals surface area contributed by atoms with Crippen LogP contribution in [0.25, 0.3) is 21.9 Å². The molecular formula is C35H35N5O5. The molecule has 3 aromatic carbocycles. The number of amides is 2. The molecule has 45 heavy (non-hydrogen) atoms. The number of aromatic nitrogens is 2. The second kappa shape index (κ2) is 12.0. The molecule has 2 aliphatic rings. The van der Waals surface area contributed by atoms with Crippen molar-refractivity contribution in [2.75, 3.05) is 24.3 Å². The van der Waals surface area contributed by atoms with Crippen molar-refractivity contribution in [3.05, 3.63) is 111 Å². The van der Waals surface area contributed by atoms with E-state index in [-0.39, 0.29) is 30.5 Å². The Morgan fingerprint density at radius 2 is 1.80 bits per heavy atom. The Hall–Kier alpha value is -5.38. The number of aromatic amines is 1. The quantitative estimate of drug-likeness (QED) is 0.212. The van der Waals surface area contributed by atoms with E-state index in [9.17, 15) is 14.4 Å². The van der Waals surface area contributed by atoms with Crippen molar-refractivity contribution in [2.45, 2.75) is 46.2 Å². The normalized spacial score (nSPS) is 17.3. The first kappa shape index (κ1) is 29.7. The Kier molecular flexibility index (Phi) is 7.88. The standard InChI is InChI=1S/C35H35N5O5/c1-19-14-24-7-10-28(19)20(2)18-44-35(43)38-26-9-11-29(31-21(3)39-45-22(31)4)25(15-26)17-40(5)34(42)32(24)37-27-8-6-23-12-13-36-33(41)30(23)16-27/h6-16,20,32,37H,17-18H2,1-5H3,(H,36,41)(H,38,43)/t20-,32+/m0/s1. The first-order chi connectivity index (χ1) is 21.6. The maximum atomic E-state index is 14.4. The molecule has 0 unspecified atom stereocenters. The minimum Gasteiger partial charge on any atom is -0.449 e. The number of hydrogen-bond donors (Lipinski definition) is 3. The van der Waals surface area contributed by atoms with E-state index < -0.39 is 12.1 Å². The SMILES string of the molecule is Cc1cc2ccc1[C@@H](C)COC(=O)Nc1ccc(-c3c(C)noc3C)c(c1)CN(C)C(=O)[C@@H]2Nc1ccc2cc[nH]c(=O)c2c1. The van der Waals surface area contributed by atoms with Gasteiger partial charge in [0.2, 0.25) is 5.91 Å². The second-order valence-electron chi connectivity index (χ2n) is 11.7. The number of H-pyrrole nitrogens is 1. The third-order valence-corrected chi connectivity index (χ3v) is 8.39. The van der Waals surface area contributed by atoms with E-state index in [1.807, 2.05) is 76.2 Å². The summed E-state index contributed by atoms with van der Waals surface area (Å²) in [5, 5.41) is 11.7. The molecule has 4 bridgehead atoms. The Morgan fingerprint density at radius 3 is 2.56 bits per heavy atom. The van der Waals surface area contributed by atoms with Crippen LogP contribution in [-0.4, -0.2) is 40.7 Å². The van der Waals surface area contributed by atoms with Gasteiger partial charge in [-0.15, -0.1) is 0 Å². The van der Waals surface area contributed by atoms with Crippen molar-refractivity contribution in [3.63, 3.8) is 0 Å². The summed E-state index contributed by atoms with van der Waals surface area (Å²) in [6.07, 6.45) is 1.06. The van der Waals surface area contributed by atoms with Gasteiger partial charge in [-0.1, -0.05) is 42.4 Å². The zero-order valence-electron chi connectivity index (χ0n) is 25.9. The van der Waals surface area contributed by atoms with Crippen LogP contribution in [0.2, 0.25) is 0 Å². The molecule has 0 saturated heterocycles. The summed E-state index contributed by atoms with van der Waals surface area (Å²) in [5.74, 6) is 0.402. The minimum atomic E-state index is -0.757. The van der Waals surface area contributed by atoms with Crippen molar-refractivity contribution in [2.24, 2.45) is 0 Å². The van der Waals surface area contributed by atoms with Crippen LogP contribution in [0.1, 0.15) is 52.6 Å². The van der Waals surface area contributed by atoms with Gasteiger partial charge < -0.3 is 24.5 Å². The van der Waals surface area contributed by atoms with Gasteiger partial charge in [0, 0.05) is 48.0 Å². The predicted octanol–water partition coefficient (Wildman–Crippen LogP) is 6.59. The van der Waals surface area contributed by atoms with Crippen molar-refractivity contribution in [3.8, 4) is 11.1 Å². The number of nitrogens with one attached hydrogen (secondary N) is 3. The van der Waals surface area contributed by atoms with E-state index in [1.165, 1.54) is 0 Å². The van der Waals surface area contributed by atoms with E-state index in [1.54, 1.807) is 30.3 Å². The van der Waals surface area contributed by atoms with Crippen LogP contribution in [-0.2, 0) is 16.1 Å². The molecule has 10 heteroatoms. The topological polar surface area (TPSA) is 130 Å². The highest BCUT2D eigenvalue weighted by Crippen LogP contribution is 2.34. The van der Waals surface area contributed by atoms with Crippen LogP contribution >= 0.6 is 0 Å². The van der Waals surface area contributed by atoms with Crippen LogP contribution in [0.15, 0.2) is 76.2 Å². The molecule has 0 spiro atoms. The summed E-state index contributed by atoms with van der Waals surface area (Å²) in [6, 6.07) is 18.0. The molecule has 2 aliphatic heterocycles. The fraction of sp³-hybridized carbons (Fsp3) is 0.257. The molecule has 2 aromatic heterocycles. The molecule has 230 valence electrons. The molecule has 0 fully saturated rings. The zero-order chi connectivity index (χ0) is 31.8. The molecule has 0 saturated carbocycles. The lowest BCUT2D eigenvalue weighted by atomic mass is 9.92. The molecule has 0 radical (unpaired) electrons. The number of rotatable bonds is 3. The number of ether oxygens (including phenoxy) is 1. The molecule has 4 heterocycles. The fourth-order valence-electron chi connectivity index (χ4n) is 6.07. The minimum absolute atomic E-state index is 0.0767. The highest BCUT2D eigenvalue weighted by molar-refractivity contribution is 5.90. The molecule has 3 N–H and O–H groups in total. The highest BCUT2D eigenvalue weighted by Gasteiger charge is 2.27. The third-order valence-electron chi connectivity index (χ3n) is 8.39. The van der Waals surface area contributed by atoms with Crippen molar-refractivity contribution in [1.82, 2.24) is 15.0 Å². The first-order valence-electron chi connectivity index (χ1n) is 14.8. The number of carbonyl (C=O) groups is 2. The summed E-state index contributed by atoms with van der Waals surface area (Å²) < 4.78 is 11.1. The Balaban J connectivity index is 1.45. The van der Waals surface area contributed by atoms with Crippen LogP contribution in [0.5, 0.6) is 0 Å². The van der Waals surface area contributed by atoms with Crippen molar-refractivity contribution < 1.29 is 18.8 Å². The first-order valence-corrected chi connectivity index (χ1v) is 14.8. The Morgan fingerprint density at radius 1 is 0.978 bits per heavy atom. The smallest absolute Gasteiger partial charge is 0.411 e. The number of pyridine rings is 1. The van der Waals surface area contributed by atoms with Gasteiger partial charge in [-0.3, -0.25) is 14.9 Å². The monoisotopic (exact) mass is 605 g/mol. The van der Waals surface area contributed by atoms with Gasteiger partial charge in [-0.2, -0.15) is 0 Å². The lowest BCUT2D eigenvalue weighted by Crippen LogP contribution is -2.35. The molecular weight excluding hydrogens is 570 g/mol. The Bertz CT molecular complexity index is 1980. The number of aryl methyl sites for hydroxylation is 3. The fourth-order valence-corrected chi connectivity index (χ4v) is 6.07. The van der Waals surface area contributed by atoms with Gasteiger partial charge in [0.1, 0.15) is 11.8 Å². The van der Waals surface area contributed by atoms with E-state index in [4.69, 9.17) is 9.26 Å². The lowest BCUT2D eigenvalue weighted by Gasteiger charge is -2.28. The van der Waals surface area contributed by atoms with E-state index in [2.05, 4.69) is 20.8 Å². The van der Waals surface area contributed by atoms with E-state index in [0.29, 0.717) is 22.5 Å². The number of anilines is 2. The Labute approximate surface area is 260 Å². The lowest BCUT2D eigenvalue weighted by molar-refractivity contribution is -0.131. The maximum absolute atomic E-state index is 14.4. The average molecular weight is 606 g/mol. The van der Waals surface area contributed by atoms with Gasteiger partial charge >= 0.3 is 6.09 Å². The predicted molar refractivity (Wildman–Crippen MR) is 173 cm³/mol. The average Bonchev–Trinajstić information content (AvgIpc) is 3.35. The summed E-state index contributed by atoms with van der Waals surface area (Å²) in [4.78, 5) is 44.1.